The van der Waals surface area contributed by atoms with Crippen molar-refractivity contribution in [2.45, 2.75) is 0 Å². The van der Waals surface area contributed by atoms with E-state index in [0.29, 0.717) is 20.5 Å². The van der Waals surface area contributed by atoms with E-state index >= 15 is 0 Å². The summed E-state index contributed by atoms with van der Waals surface area (Å²) in [6, 6.07) is 23.6. The first-order valence-electron chi connectivity index (χ1n) is 8.56. The van der Waals surface area contributed by atoms with Crippen molar-refractivity contribution in [3.05, 3.63) is 95.1 Å². The Balaban J connectivity index is 1.55. The van der Waals surface area contributed by atoms with Gasteiger partial charge in [-0.25, -0.2) is 4.39 Å². The summed E-state index contributed by atoms with van der Waals surface area (Å²) in [7, 11) is 0. The van der Waals surface area contributed by atoms with Crippen molar-refractivity contribution < 1.29 is 9.18 Å². The maximum absolute atomic E-state index is 13.9. The number of carbonyl (C=O) groups is 1. The SMILES string of the molecule is O=C1/C(=C/c2ccccc2F)SC(=S)N1c1ccc(Nc2ccccc2)cc1. The highest BCUT2D eigenvalue weighted by Crippen LogP contribution is 2.36. The molecule has 1 heterocycles. The Hall–Kier alpha value is -2.96. The van der Waals surface area contributed by atoms with Crippen molar-refractivity contribution >= 4 is 57.3 Å². The van der Waals surface area contributed by atoms with Crippen LogP contribution in [0.3, 0.4) is 0 Å². The molecule has 0 radical (unpaired) electrons. The van der Waals surface area contributed by atoms with E-state index in [2.05, 4.69) is 5.32 Å². The lowest BCUT2D eigenvalue weighted by Crippen LogP contribution is -2.27. The highest BCUT2D eigenvalue weighted by Gasteiger charge is 2.33. The van der Waals surface area contributed by atoms with Crippen LogP contribution in [0.4, 0.5) is 21.5 Å². The highest BCUT2D eigenvalue weighted by atomic mass is 32.2. The smallest absolute Gasteiger partial charge is 0.270 e. The van der Waals surface area contributed by atoms with Crippen LogP contribution < -0.4 is 10.2 Å². The molecule has 0 bridgehead atoms. The lowest BCUT2D eigenvalue weighted by molar-refractivity contribution is -0.113. The van der Waals surface area contributed by atoms with Gasteiger partial charge in [-0.2, -0.15) is 0 Å². The number of nitrogens with one attached hydrogen (secondary N) is 1. The van der Waals surface area contributed by atoms with Crippen LogP contribution in [-0.2, 0) is 4.79 Å². The van der Waals surface area contributed by atoms with Gasteiger partial charge in [0.25, 0.3) is 5.91 Å². The van der Waals surface area contributed by atoms with Crippen LogP contribution in [0, 0.1) is 5.82 Å². The first-order valence-corrected chi connectivity index (χ1v) is 9.79. The number of hydrogen-bond acceptors (Lipinski definition) is 4. The standard InChI is InChI=1S/C22H15FN2OS2/c23-19-9-5-4-6-15(19)14-20-21(26)25(22(27)28-20)18-12-10-17(11-13-18)24-16-7-2-1-3-8-16/h1-14,24H/b20-14-. The summed E-state index contributed by atoms with van der Waals surface area (Å²) in [6.07, 6.45) is 1.54. The molecule has 1 N–H and O–H groups in total. The maximum Gasteiger partial charge on any atom is 0.270 e. The predicted octanol–water partition coefficient (Wildman–Crippen LogP) is 5.98. The number of anilines is 3. The van der Waals surface area contributed by atoms with Gasteiger partial charge in [0.05, 0.1) is 10.6 Å². The predicted molar refractivity (Wildman–Crippen MR) is 118 cm³/mol. The summed E-state index contributed by atoms with van der Waals surface area (Å²) in [5.74, 6) is -0.619. The Morgan fingerprint density at radius 1 is 0.893 bits per heavy atom. The number of carbonyl (C=O) groups excluding carboxylic acids is 1. The molecule has 138 valence electrons. The van der Waals surface area contributed by atoms with Gasteiger partial charge in [-0.15, -0.1) is 0 Å². The van der Waals surface area contributed by atoms with Crippen LogP contribution in [0.25, 0.3) is 6.08 Å². The topological polar surface area (TPSA) is 32.3 Å². The zero-order valence-electron chi connectivity index (χ0n) is 14.6. The number of para-hydroxylation sites is 1. The normalized spacial score (nSPS) is 15.3. The van der Waals surface area contributed by atoms with Crippen molar-refractivity contribution in [3.63, 3.8) is 0 Å². The second-order valence-electron chi connectivity index (χ2n) is 6.08. The molecule has 0 aliphatic carbocycles. The fourth-order valence-corrected chi connectivity index (χ4v) is 4.10. The quantitative estimate of drug-likeness (QED) is 0.427. The van der Waals surface area contributed by atoms with E-state index in [0.717, 1.165) is 11.4 Å². The van der Waals surface area contributed by atoms with Gasteiger partial charge < -0.3 is 5.32 Å². The molecule has 1 saturated heterocycles. The molecule has 28 heavy (non-hydrogen) atoms. The summed E-state index contributed by atoms with van der Waals surface area (Å²) in [4.78, 5) is 14.7. The lowest BCUT2D eigenvalue weighted by Gasteiger charge is -2.15. The van der Waals surface area contributed by atoms with Gasteiger partial charge in [0.15, 0.2) is 4.32 Å². The van der Waals surface area contributed by atoms with Crippen molar-refractivity contribution in [1.82, 2.24) is 0 Å². The molecular formula is C22H15FN2OS2. The molecule has 3 aromatic carbocycles. The summed E-state index contributed by atoms with van der Waals surface area (Å²) >= 11 is 6.55. The molecule has 0 aromatic heterocycles. The maximum atomic E-state index is 13.9. The first-order chi connectivity index (χ1) is 13.6. The van der Waals surface area contributed by atoms with Gasteiger partial charge in [-0.1, -0.05) is 60.4 Å². The van der Waals surface area contributed by atoms with Gasteiger partial charge in [0, 0.05) is 16.9 Å². The number of amides is 1. The molecule has 6 heteroatoms. The molecule has 1 aliphatic heterocycles. The van der Waals surface area contributed by atoms with Crippen molar-refractivity contribution in [3.8, 4) is 0 Å². The Labute approximate surface area is 171 Å². The molecule has 4 rings (SSSR count). The van der Waals surface area contributed by atoms with Gasteiger partial charge in [-0.05, 0) is 48.5 Å². The number of rotatable bonds is 4. The Morgan fingerprint density at radius 2 is 1.54 bits per heavy atom. The summed E-state index contributed by atoms with van der Waals surface area (Å²) in [6.45, 7) is 0. The van der Waals surface area contributed by atoms with E-state index in [-0.39, 0.29) is 11.7 Å². The number of benzene rings is 3. The average molecular weight is 407 g/mol. The Kier molecular flexibility index (Phi) is 5.23. The largest absolute Gasteiger partial charge is 0.356 e. The minimum atomic E-state index is -0.371. The van der Waals surface area contributed by atoms with Gasteiger partial charge in [0.2, 0.25) is 0 Å². The van der Waals surface area contributed by atoms with Crippen molar-refractivity contribution in [2.24, 2.45) is 0 Å². The van der Waals surface area contributed by atoms with Crippen molar-refractivity contribution in [1.29, 1.82) is 0 Å². The second-order valence-corrected chi connectivity index (χ2v) is 7.75. The summed E-state index contributed by atoms with van der Waals surface area (Å²) in [5, 5.41) is 3.30. The van der Waals surface area contributed by atoms with Gasteiger partial charge >= 0.3 is 0 Å². The van der Waals surface area contributed by atoms with Crippen LogP contribution in [0.1, 0.15) is 5.56 Å². The van der Waals surface area contributed by atoms with E-state index in [1.54, 1.807) is 24.3 Å². The lowest BCUT2D eigenvalue weighted by atomic mass is 10.2. The molecular weight excluding hydrogens is 391 g/mol. The molecule has 0 saturated carbocycles. The number of thioether (sulfide) groups is 1. The first kappa shape index (κ1) is 18.4. The van der Waals surface area contributed by atoms with Crippen LogP contribution >= 0.6 is 24.0 Å². The van der Waals surface area contributed by atoms with Gasteiger partial charge in [-0.3, -0.25) is 9.69 Å². The number of hydrogen-bond donors (Lipinski definition) is 1. The van der Waals surface area contributed by atoms with E-state index in [4.69, 9.17) is 12.2 Å². The zero-order valence-corrected chi connectivity index (χ0v) is 16.3. The molecule has 1 amide bonds. The number of nitrogens with zero attached hydrogens (tertiary/aromatic N) is 1. The third kappa shape index (κ3) is 3.83. The molecule has 3 aromatic rings. The number of thiocarbonyl (C=S) groups is 1. The third-order valence-corrected chi connectivity index (χ3v) is 5.48. The van der Waals surface area contributed by atoms with Crippen LogP contribution in [0.5, 0.6) is 0 Å². The average Bonchev–Trinajstić information content (AvgIpc) is 2.98. The van der Waals surface area contributed by atoms with Crippen molar-refractivity contribution in [2.75, 3.05) is 10.2 Å². The van der Waals surface area contributed by atoms with Crippen LogP contribution in [0.15, 0.2) is 83.8 Å². The fourth-order valence-electron chi connectivity index (χ4n) is 2.81. The minimum absolute atomic E-state index is 0.248. The Morgan fingerprint density at radius 3 is 2.25 bits per heavy atom. The minimum Gasteiger partial charge on any atom is -0.356 e. The molecule has 1 fully saturated rings. The second kappa shape index (κ2) is 7.96. The van der Waals surface area contributed by atoms with Gasteiger partial charge in [0.1, 0.15) is 5.82 Å². The van der Waals surface area contributed by atoms with Crippen LogP contribution in [-0.4, -0.2) is 10.2 Å². The zero-order chi connectivity index (χ0) is 19.5. The summed E-state index contributed by atoms with van der Waals surface area (Å²) < 4.78 is 14.3. The molecule has 1 aliphatic rings. The Bertz CT molecular complexity index is 1070. The summed E-state index contributed by atoms with van der Waals surface area (Å²) in [5.41, 5.74) is 2.93. The molecule has 0 atom stereocenters. The highest BCUT2D eigenvalue weighted by molar-refractivity contribution is 8.27. The van der Waals surface area contributed by atoms with E-state index in [9.17, 15) is 9.18 Å². The van der Waals surface area contributed by atoms with E-state index < -0.39 is 0 Å². The number of halogens is 1. The van der Waals surface area contributed by atoms with E-state index in [1.165, 1.54) is 22.7 Å². The van der Waals surface area contributed by atoms with Crippen LogP contribution in [0.2, 0.25) is 0 Å². The van der Waals surface area contributed by atoms with E-state index in [1.807, 2.05) is 54.6 Å². The molecule has 0 spiro atoms. The molecule has 0 unspecified atom stereocenters. The monoisotopic (exact) mass is 406 g/mol. The third-order valence-electron chi connectivity index (χ3n) is 4.17. The molecule has 3 nitrogen and oxygen atoms in total. The fraction of sp³-hybridized carbons (Fsp3) is 0.